The predicted octanol–water partition coefficient (Wildman–Crippen LogP) is 4.37. The highest BCUT2D eigenvalue weighted by Crippen LogP contribution is 2.34. The van der Waals surface area contributed by atoms with Gasteiger partial charge in [-0.15, -0.1) is 0 Å². The minimum atomic E-state index is -0.679. The molecule has 0 radical (unpaired) electrons. The second kappa shape index (κ2) is 11.1. The molecule has 2 aromatic carbocycles. The molecule has 0 unspecified atom stereocenters. The molecule has 5 rings (SSSR count). The Labute approximate surface area is 219 Å². The number of anilines is 2. The van der Waals surface area contributed by atoms with Gasteiger partial charge in [-0.3, -0.25) is 4.79 Å². The van der Waals surface area contributed by atoms with Crippen molar-refractivity contribution in [3.8, 4) is 23.3 Å². The first-order valence-electron chi connectivity index (χ1n) is 12.2. The second-order valence-corrected chi connectivity index (χ2v) is 8.77. The molecule has 0 aliphatic carbocycles. The normalized spacial score (nSPS) is 14.0. The summed E-state index contributed by atoms with van der Waals surface area (Å²) >= 11 is 0. The number of benzene rings is 2. The summed E-state index contributed by atoms with van der Waals surface area (Å²) in [6, 6.07) is 16.5. The number of hydrogen-bond acceptors (Lipinski definition) is 9. The van der Waals surface area contributed by atoms with E-state index in [0.29, 0.717) is 66.0 Å². The molecule has 1 saturated heterocycles. The van der Waals surface area contributed by atoms with E-state index < -0.39 is 6.10 Å². The molecule has 1 atom stereocenters. The van der Waals surface area contributed by atoms with Gasteiger partial charge in [-0.2, -0.15) is 5.26 Å². The molecule has 10 heteroatoms. The Hall–Kier alpha value is -4.75. The molecule has 0 saturated carbocycles. The number of carbonyl (C=O) groups is 1. The highest BCUT2D eigenvalue weighted by atomic mass is 16.5. The van der Waals surface area contributed by atoms with Gasteiger partial charge in [0.05, 0.1) is 30.3 Å². The van der Waals surface area contributed by atoms with Crippen LogP contribution in [0.3, 0.4) is 0 Å². The van der Waals surface area contributed by atoms with E-state index in [1.807, 2.05) is 49.4 Å². The minimum absolute atomic E-state index is 0.0830. The first kappa shape index (κ1) is 24.9. The van der Waals surface area contributed by atoms with Crippen molar-refractivity contribution in [3.63, 3.8) is 0 Å². The molecule has 192 valence electrons. The lowest BCUT2D eigenvalue weighted by Crippen LogP contribution is -2.46. The van der Waals surface area contributed by atoms with Crippen molar-refractivity contribution in [1.29, 1.82) is 5.26 Å². The zero-order valence-electron chi connectivity index (χ0n) is 21.0. The number of pyridine rings is 1. The molecule has 1 fully saturated rings. The fraction of sp³-hybridized carbons (Fsp3) is 0.250. The lowest BCUT2D eigenvalue weighted by Gasteiger charge is -2.29. The number of hydrogen-bond donors (Lipinski definition) is 1. The third-order valence-electron chi connectivity index (χ3n) is 6.12. The van der Waals surface area contributed by atoms with Crippen LogP contribution >= 0.6 is 0 Å². The third-order valence-corrected chi connectivity index (χ3v) is 6.12. The number of fused-ring (bicyclic) bond motifs is 1. The van der Waals surface area contributed by atoms with Crippen LogP contribution in [0.2, 0.25) is 0 Å². The van der Waals surface area contributed by atoms with Gasteiger partial charge in [0, 0.05) is 18.8 Å². The number of ether oxygens (including phenoxy) is 3. The van der Waals surface area contributed by atoms with E-state index in [4.69, 9.17) is 19.5 Å². The molecule has 1 aliphatic heterocycles. The van der Waals surface area contributed by atoms with Crippen LogP contribution in [0.5, 0.6) is 17.2 Å². The molecule has 1 aliphatic rings. The zero-order valence-corrected chi connectivity index (χ0v) is 21.0. The van der Waals surface area contributed by atoms with Gasteiger partial charge in [0.1, 0.15) is 41.2 Å². The van der Waals surface area contributed by atoms with E-state index in [1.165, 1.54) is 12.5 Å². The van der Waals surface area contributed by atoms with Crippen LogP contribution in [0.25, 0.3) is 10.9 Å². The largest absolute Gasteiger partial charge is 0.480 e. The molecule has 3 heterocycles. The second-order valence-electron chi connectivity index (χ2n) is 8.77. The van der Waals surface area contributed by atoms with Crippen molar-refractivity contribution >= 4 is 28.3 Å². The Balaban J connectivity index is 1.36. The molecule has 0 spiro atoms. The highest BCUT2D eigenvalue weighted by Gasteiger charge is 2.25. The van der Waals surface area contributed by atoms with Crippen LogP contribution in [0.4, 0.5) is 11.5 Å². The number of amides is 1. The summed E-state index contributed by atoms with van der Waals surface area (Å²) in [5, 5.41) is 13.0. The van der Waals surface area contributed by atoms with Gasteiger partial charge in [-0.1, -0.05) is 6.07 Å². The van der Waals surface area contributed by atoms with Gasteiger partial charge < -0.3 is 24.4 Å². The molecule has 1 N–H and O–H groups in total. The SMILES string of the molecule is Cc1cc(Nc2ncnc3cccc(O[C@H](C)C(=O)N4CCOCC4)c23)ccc1Oc1ccc(C#N)nc1. The summed E-state index contributed by atoms with van der Waals surface area (Å²) in [4.78, 5) is 27.6. The van der Waals surface area contributed by atoms with Crippen LogP contribution in [0.1, 0.15) is 18.2 Å². The monoisotopic (exact) mass is 510 g/mol. The fourth-order valence-corrected chi connectivity index (χ4v) is 4.17. The molecule has 10 nitrogen and oxygen atoms in total. The van der Waals surface area contributed by atoms with Crippen molar-refractivity contribution in [2.75, 3.05) is 31.6 Å². The lowest BCUT2D eigenvalue weighted by atomic mass is 10.1. The van der Waals surface area contributed by atoms with E-state index in [2.05, 4.69) is 20.3 Å². The Morgan fingerprint density at radius 3 is 2.68 bits per heavy atom. The summed E-state index contributed by atoms with van der Waals surface area (Å²) in [6.07, 6.45) is 2.32. The number of rotatable bonds is 7. The molecular weight excluding hydrogens is 484 g/mol. The first-order chi connectivity index (χ1) is 18.5. The maximum absolute atomic E-state index is 12.9. The van der Waals surface area contributed by atoms with Crippen molar-refractivity contribution in [2.24, 2.45) is 0 Å². The topological polar surface area (TPSA) is 122 Å². The van der Waals surface area contributed by atoms with Gasteiger partial charge in [-0.05, 0) is 61.9 Å². The summed E-state index contributed by atoms with van der Waals surface area (Å²) in [7, 11) is 0. The van der Waals surface area contributed by atoms with Crippen molar-refractivity contribution in [3.05, 3.63) is 72.3 Å². The summed E-state index contributed by atoms with van der Waals surface area (Å²) in [6.45, 7) is 5.85. The standard InChI is InChI=1S/C28H26N6O4/c1-18-14-20(7-9-24(18)38-22-8-6-21(15-29)30-16-22)33-27-26-23(31-17-32-27)4-3-5-25(26)37-19(2)28(35)34-10-12-36-13-11-34/h3-9,14,16-17,19H,10-13H2,1-2H3,(H,31,32,33)/t19-/m1/s1. The van der Waals surface area contributed by atoms with E-state index >= 15 is 0 Å². The molecule has 4 aromatic rings. The fourth-order valence-electron chi connectivity index (χ4n) is 4.17. The maximum Gasteiger partial charge on any atom is 0.263 e. The molecule has 2 aromatic heterocycles. The average Bonchev–Trinajstić information content (AvgIpc) is 2.95. The van der Waals surface area contributed by atoms with Crippen LogP contribution in [-0.2, 0) is 9.53 Å². The van der Waals surface area contributed by atoms with Crippen LogP contribution in [-0.4, -0.2) is 58.2 Å². The molecule has 1 amide bonds. The number of carbonyl (C=O) groups excluding carboxylic acids is 1. The number of aromatic nitrogens is 3. The Bertz CT molecular complexity index is 1490. The maximum atomic E-state index is 12.9. The van der Waals surface area contributed by atoms with E-state index in [-0.39, 0.29) is 5.91 Å². The summed E-state index contributed by atoms with van der Waals surface area (Å²) < 4.78 is 17.4. The number of nitrogens with zero attached hydrogens (tertiary/aromatic N) is 5. The van der Waals surface area contributed by atoms with Gasteiger partial charge in [0.25, 0.3) is 5.91 Å². The third kappa shape index (κ3) is 5.48. The van der Waals surface area contributed by atoms with Gasteiger partial charge in [0.2, 0.25) is 0 Å². The van der Waals surface area contributed by atoms with E-state index in [1.54, 1.807) is 24.0 Å². The van der Waals surface area contributed by atoms with E-state index in [0.717, 1.165) is 11.3 Å². The Morgan fingerprint density at radius 2 is 1.95 bits per heavy atom. The zero-order chi connectivity index (χ0) is 26.5. The van der Waals surface area contributed by atoms with Gasteiger partial charge in [-0.25, -0.2) is 15.0 Å². The number of morpholine rings is 1. The first-order valence-corrected chi connectivity index (χ1v) is 12.2. The molecule has 38 heavy (non-hydrogen) atoms. The quantitative estimate of drug-likeness (QED) is 0.386. The summed E-state index contributed by atoms with van der Waals surface area (Å²) in [5.41, 5.74) is 2.70. The van der Waals surface area contributed by atoms with Gasteiger partial charge in [0.15, 0.2) is 6.10 Å². The number of nitrogens with one attached hydrogen (secondary N) is 1. The average molecular weight is 511 g/mol. The molecular formula is C28H26N6O4. The summed E-state index contributed by atoms with van der Waals surface area (Å²) in [5.74, 6) is 2.19. The highest BCUT2D eigenvalue weighted by molar-refractivity contribution is 5.96. The van der Waals surface area contributed by atoms with E-state index in [9.17, 15) is 4.79 Å². The van der Waals surface area contributed by atoms with Crippen molar-refractivity contribution in [2.45, 2.75) is 20.0 Å². The van der Waals surface area contributed by atoms with Gasteiger partial charge >= 0.3 is 0 Å². The van der Waals surface area contributed by atoms with Crippen LogP contribution < -0.4 is 14.8 Å². The minimum Gasteiger partial charge on any atom is -0.480 e. The Morgan fingerprint density at radius 1 is 1.11 bits per heavy atom. The van der Waals surface area contributed by atoms with Crippen molar-refractivity contribution < 1.29 is 19.0 Å². The van der Waals surface area contributed by atoms with Crippen molar-refractivity contribution in [1.82, 2.24) is 19.9 Å². The van der Waals surface area contributed by atoms with Crippen LogP contribution in [0, 0.1) is 18.3 Å². The predicted molar refractivity (Wildman–Crippen MR) is 141 cm³/mol. The lowest BCUT2D eigenvalue weighted by molar-refractivity contribution is -0.142. The number of aryl methyl sites for hydroxylation is 1. The Kier molecular flexibility index (Phi) is 7.28. The smallest absolute Gasteiger partial charge is 0.263 e. The molecule has 0 bridgehead atoms. The van der Waals surface area contributed by atoms with Crippen LogP contribution in [0.15, 0.2) is 61.1 Å². The number of nitriles is 1.